The van der Waals surface area contributed by atoms with Crippen LogP contribution in [0.5, 0.6) is 0 Å². The number of non-ortho nitro benzene ring substituents is 1. The SMILES string of the molecule is CC12CC3CC(N)(CC(C1)c1cc([N+](=O)[O-])ccc13)C2. The Morgan fingerprint density at radius 2 is 1.85 bits per heavy atom. The van der Waals surface area contributed by atoms with E-state index < -0.39 is 0 Å². The first-order valence-electron chi connectivity index (χ1n) is 7.45. The fourth-order valence-corrected chi connectivity index (χ4v) is 5.46. The monoisotopic (exact) mass is 272 g/mol. The van der Waals surface area contributed by atoms with E-state index >= 15 is 0 Å². The Morgan fingerprint density at radius 3 is 2.45 bits per heavy atom. The molecule has 5 rings (SSSR count). The Balaban J connectivity index is 1.89. The largest absolute Gasteiger partial charge is 0.325 e. The summed E-state index contributed by atoms with van der Waals surface area (Å²) in [4.78, 5) is 10.8. The minimum Gasteiger partial charge on any atom is -0.325 e. The van der Waals surface area contributed by atoms with Crippen LogP contribution in [0.25, 0.3) is 0 Å². The molecule has 2 saturated carbocycles. The van der Waals surface area contributed by atoms with E-state index in [1.807, 2.05) is 12.1 Å². The zero-order valence-electron chi connectivity index (χ0n) is 11.8. The molecule has 4 aliphatic carbocycles. The van der Waals surface area contributed by atoms with Crippen molar-refractivity contribution in [1.29, 1.82) is 0 Å². The number of nitro benzene ring substituents is 1. The maximum Gasteiger partial charge on any atom is 0.269 e. The zero-order chi connectivity index (χ0) is 14.1. The van der Waals surface area contributed by atoms with Crippen LogP contribution in [0.1, 0.15) is 62.0 Å². The highest BCUT2D eigenvalue weighted by atomic mass is 16.6. The summed E-state index contributed by atoms with van der Waals surface area (Å²) in [5, 5.41) is 11.0. The molecule has 4 aliphatic rings. The number of benzene rings is 1. The summed E-state index contributed by atoms with van der Waals surface area (Å²) >= 11 is 0. The highest BCUT2D eigenvalue weighted by molar-refractivity contribution is 5.46. The molecule has 4 bridgehead atoms. The normalized spacial score (nSPS) is 41.3. The van der Waals surface area contributed by atoms with Crippen molar-refractivity contribution in [2.24, 2.45) is 11.1 Å². The van der Waals surface area contributed by atoms with Gasteiger partial charge in [0.1, 0.15) is 0 Å². The van der Waals surface area contributed by atoms with Gasteiger partial charge in [0.15, 0.2) is 0 Å². The van der Waals surface area contributed by atoms with E-state index in [9.17, 15) is 10.1 Å². The van der Waals surface area contributed by atoms with E-state index in [0.717, 1.165) is 25.7 Å². The summed E-state index contributed by atoms with van der Waals surface area (Å²) in [6.07, 6.45) is 5.48. The highest BCUT2D eigenvalue weighted by Gasteiger charge is 2.53. The molecule has 4 nitrogen and oxygen atoms in total. The molecule has 1 aromatic rings. The van der Waals surface area contributed by atoms with Gasteiger partial charge in [-0.25, -0.2) is 0 Å². The number of nitrogens with two attached hydrogens (primary N) is 1. The Hall–Kier alpha value is -1.42. The van der Waals surface area contributed by atoms with Gasteiger partial charge < -0.3 is 5.73 Å². The molecule has 0 radical (unpaired) electrons. The maximum absolute atomic E-state index is 11.0. The molecule has 4 atom stereocenters. The zero-order valence-corrected chi connectivity index (χ0v) is 11.8. The second kappa shape index (κ2) is 3.61. The first kappa shape index (κ1) is 12.3. The van der Waals surface area contributed by atoms with Crippen LogP contribution < -0.4 is 5.73 Å². The number of hydrogen-bond acceptors (Lipinski definition) is 3. The van der Waals surface area contributed by atoms with Gasteiger partial charge in [0, 0.05) is 17.7 Å². The molecule has 106 valence electrons. The average Bonchev–Trinajstić information content (AvgIpc) is 2.47. The van der Waals surface area contributed by atoms with Crippen molar-refractivity contribution in [1.82, 2.24) is 0 Å². The number of rotatable bonds is 1. The third-order valence-corrected chi connectivity index (χ3v) is 5.72. The third-order valence-electron chi connectivity index (χ3n) is 5.72. The summed E-state index contributed by atoms with van der Waals surface area (Å²) in [5.74, 6) is 0.892. The molecule has 4 unspecified atom stereocenters. The molecule has 0 saturated heterocycles. The lowest BCUT2D eigenvalue weighted by Crippen LogP contribution is -2.52. The first-order valence-corrected chi connectivity index (χ1v) is 7.45. The summed E-state index contributed by atoms with van der Waals surface area (Å²) in [6.45, 7) is 2.35. The second-order valence-electron chi connectivity index (χ2n) is 7.63. The lowest BCUT2D eigenvalue weighted by atomic mass is 9.56. The van der Waals surface area contributed by atoms with E-state index in [1.54, 1.807) is 6.07 Å². The molecule has 0 heterocycles. The van der Waals surface area contributed by atoms with Crippen LogP contribution in [0, 0.1) is 15.5 Å². The fourth-order valence-electron chi connectivity index (χ4n) is 5.46. The van der Waals surface area contributed by atoms with E-state index in [0.29, 0.717) is 17.3 Å². The van der Waals surface area contributed by atoms with Gasteiger partial charge >= 0.3 is 0 Å². The Kier molecular flexibility index (Phi) is 2.23. The van der Waals surface area contributed by atoms with Gasteiger partial charge in [0.2, 0.25) is 0 Å². The van der Waals surface area contributed by atoms with Crippen LogP contribution in [0.2, 0.25) is 0 Å². The quantitative estimate of drug-likeness (QED) is 0.628. The molecule has 4 heteroatoms. The highest BCUT2D eigenvalue weighted by Crippen LogP contribution is 2.62. The van der Waals surface area contributed by atoms with Crippen LogP contribution in [0.15, 0.2) is 18.2 Å². The molecule has 2 fully saturated rings. The van der Waals surface area contributed by atoms with Gasteiger partial charge in [-0.2, -0.15) is 0 Å². The predicted molar refractivity (Wildman–Crippen MR) is 76.7 cm³/mol. The first-order chi connectivity index (χ1) is 9.38. The standard InChI is InChI=1S/C16H20N2O2/c1-15-5-10-7-16(17,9-15)8-11(6-15)14-4-12(18(19)20)2-3-13(10)14/h2-4,10-11H,5-9,17H2,1H3. The molecule has 2 N–H and O–H groups in total. The van der Waals surface area contributed by atoms with E-state index in [-0.39, 0.29) is 16.1 Å². The molecule has 0 aliphatic heterocycles. The van der Waals surface area contributed by atoms with Crippen molar-refractivity contribution in [2.45, 2.75) is 56.4 Å². The van der Waals surface area contributed by atoms with Crippen LogP contribution in [-0.4, -0.2) is 10.5 Å². The van der Waals surface area contributed by atoms with Gasteiger partial charge in [-0.05, 0) is 60.5 Å². The van der Waals surface area contributed by atoms with Crippen molar-refractivity contribution in [3.63, 3.8) is 0 Å². The minimum absolute atomic E-state index is 0.0611. The average molecular weight is 272 g/mol. The molecule has 0 aromatic heterocycles. The van der Waals surface area contributed by atoms with Crippen molar-refractivity contribution in [2.75, 3.05) is 0 Å². The van der Waals surface area contributed by atoms with E-state index in [1.165, 1.54) is 17.5 Å². The third kappa shape index (κ3) is 1.64. The predicted octanol–water partition coefficient (Wildman–Crippen LogP) is 3.46. The molecule has 1 aromatic carbocycles. The second-order valence-corrected chi connectivity index (χ2v) is 7.63. The van der Waals surface area contributed by atoms with Gasteiger partial charge in [0.25, 0.3) is 5.69 Å². The topological polar surface area (TPSA) is 69.2 Å². The molecule has 20 heavy (non-hydrogen) atoms. The van der Waals surface area contributed by atoms with Crippen molar-refractivity contribution in [3.05, 3.63) is 39.4 Å². The van der Waals surface area contributed by atoms with Gasteiger partial charge in [0.05, 0.1) is 4.92 Å². The van der Waals surface area contributed by atoms with Gasteiger partial charge in [-0.15, -0.1) is 0 Å². The van der Waals surface area contributed by atoms with Gasteiger partial charge in [-0.3, -0.25) is 10.1 Å². The van der Waals surface area contributed by atoms with Crippen molar-refractivity contribution < 1.29 is 4.92 Å². The summed E-state index contributed by atoms with van der Waals surface area (Å²) < 4.78 is 0. The lowest BCUT2D eigenvalue weighted by Gasteiger charge is -2.52. The smallest absolute Gasteiger partial charge is 0.269 e. The number of nitrogens with zero attached hydrogens (tertiary/aromatic N) is 1. The fraction of sp³-hybridized carbons (Fsp3) is 0.625. The maximum atomic E-state index is 11.0. The van der Waals surface area contributed by atoms with Crippen molar-refractivity contribution >= 4 is 5.69 Å². The molecule has 0 amide bonds. The number of nitro groups is 1. The van der Waals surface area contributed by atoms with Gasteiger partial charge in [-0.1, -0.05) is 13.0 Å². The van der Waals surface area contributed by atoms with Crippen LogP contribution in [-0.2, 0) is 0 Å². The Labute approximate surface area is 118 Å². The van der Waals surface area contributed by atoms with Crippen molar-refractivity contribution in [3.8, 4) is 0 Å². The summed E-state index contributed by atoms with van der Waals surface area (Å²) in [6, 6.07) is 5.47. The minimum atomic E-state index is -0.282. The van der Waals surface area contributed by atoms with E-state index in [2.05, 4.69) is 6.92 Å². The number of hydrogen-bond donors (Lipinski definition) is 1. The Bertz CT molecular complexity index is 594. The van der Waals surface area contributed by atoms with Crippen LogP contribution in [0.3, 0.4) is 0 Å². The van der Waals surface area contributed by atoms with Crippen LogP contribution in [0.4, 0.5) is 5.69 Å². The molecular weight excluding hydrogens is 252 g/mol. The lowest BCUT2D eigenvalue weighted by molar-refractivity contribution is -0.384. The Morgan fingerprint density at radius 1 is 1.20 bits per heavy atom. The molecular formula is C16H20N2O2. The molecule has 0 spiro atoms. The van der Waals surface area contributed by atoms with E-state index in [4.69, 9.17) is 5.73 Å². The van der Waals surface area contributed by atoms with Crippen LogP contribution >= 0.6 is 0 Å². The summed E-state index contributed by atoms with van der Waals surface area (Å²) in [5.41, 5.74) is 9.66. The summed E-state index contributed by atoms with van der Waals surface area (Å²) in [7, 11) is 0.